The Kier molecular flexibility index (Phi) is 4.20. The van der Waals surface area contributed by atoms with E-state index in [1.54, 1.807) is 23.2 Å². The van der Waals surface area contributed by atoms with Gasteiger partial charge >= 0.3 is 0 Å². The first-order chi connectivity index (χ1) is 10.6. The molecule has 6 heteroatoms. The Bertz CT molecular complexity index is 688. The average Bonchev–Trinajstić information content (AvgIpc) is 2.92. The van der Waals surface area contributed by atoms with Crippen molar-refractivity contribution in [3.8, 4) is 0 Å². The van der Waals surface area contributed by atoms with Gasteiger partial charge in [0.15, 0.2) is 0 Å². The van der Waals surface area contributed by atoms with E-state index in [0.717, 1.165) is 10.2 Å². The molecule has 1 aromatic heterocycles. The van der Waals surface area contributed by atoms with Gasteiger partial charge in [-0.1, -0.05) is 18.2 Å². The van der Waals surface area contributed by atoms with Crippen LogP contribution >= 0.6 is 15.9 Å². The van der Waals surface area contributed by atoms with Crippen molar-refractivity contribution < 1.29 is 9.59 Å². The smallest absolute Gasteiger partial charge is 0.230 e. The first kappa shape index (κ1) is 14.7. The van der Waals surface area contributed by atoms with E-state index in [1.165, 1.54) is 0 Å². The molecule has 1 aromatic carbocycles. The van der Waals surface area contributed by atoms with Crippen LogP contribution in [0.15, 0.2) is 53.1 Å². The lowest BCUT2D eigenvalue weighted by Crippen LogP contribution is -2.28. The quantitative estimate of drug-likeness (QED) is 0.916. The predicted molar refractivity (Wildman–Crippen MR) is 87.5 cm³/mol. The van der Waals surface area contributed by atoms with Gasteiger partial charge in [-0.05, 0) is 40.2 Å². The Morgan fingerprint density at radius 3 is 2.68 bits per heavy atom. The largest absolute Gasteiger partial charge is 0.312 e. The minimum Gasteiger partial charge on any atom is -0.312 e. The molecule has 1 aliphatic rings. The van der Waals surface area contributed by atoms with Crippen LogP contribution in [-0.4, -0.2) is 23.3 Å². The van der Waals surface area contributed by atoms with Gasteiger partial charge in [0.05, 0.1) is 5.92 Å². The van der Waals surface area contributed by atoms with Crippen molar-refractivity contribution in [1.29, 1.82) is 0 Å². The van der Waals surface area contributed by atoms with Crippen molar-refractivity contribution in [2.45, 2.75) is 6.42 Å². The van der Waals surface area contributed by atoms with Gasteiger partial charge in [0.25, 0.3) is 0 Å². The van der Waals surface area contributed by atoms with Crippen LogP contribution < -0.4 is 10.2 Å². The molecule has 22 heavy (non-hydrogen) atoms. The highest BCUT2D eigenvalue weighted by molar-refractivity contribution is 9.10. The Labute approximate surface area is 136 Å². The molecule has 0 bridgehead atoms. The van der Waals surface area contributed by atoms with Gasteiger partial charge in [0.2, 0.25) is 11.8 Å². The number of nitrogens with zero attached hydrogens (tertiary/aromatic N) is 2. The number of aromatic nitrogens is 1. The SMILES string of the molecule is O=C(Nc1ccc(Br)cn1)C1CC(=O)N(c2ccccc2)C1. The Morgan fingerprint density at radius 2 is 2.00 bits per heavy atom. The number of amides is 2. The molecular formula is C16H14BrN3O2. The molecule has 2 amide bonds. The molecule has 2 heterocycles. The molecule has 1 unspecified atom stereocenters. The minimum atomic E-state index is -0.363. The summed E-state index contributed by atoms with van der Waals surface area (Å²) in [7, 11) is 0. The number of benzene rings is 1. The second-order valence-corrected chi connectivity index (χ2v) is 6.01. The summed E-state index contributed by atoms with van der Waals surface area (Å²) in [5, 5.41) is 2.75. The number of hydrogen-bond acceptors (Lipinski definition) is 3. The number of halogens is 1. The van der Waals surface area contributed by atoms with Crippen molar-refractivity contribution in [1.82, 2.24) is 4.98 Å². The summed E-state index contributed by atoms with van der Waals surface area (Å²) >= 11 is 3.29. The molecule has 1 saturated heterocycles. The van der Waals surface area contributed by atoms with Crippen LogP contribution in [0.2, 0.25) is 0 Å². The average molecular weight is 360 g/mol. The second kappa shape index (κ2) is 6.27. The molecule has 0 aliphatic carbocycles. The number of hydrogen-bond donors (Lipinski definition) is 1. The number of carbonyl (C=O) groups is 2. The van der Waals surface area contributed by atoms with E-state index in [1.807, 2.05) is 30.3 Å². The highest BCUT2D eigenvalue weighted by atomic mass is 79.9. The van der Waals surface area contributed by atoms with E-state index >= 15 is 0 Å². The molecule has 2 aromatic rings. The van der Waals surface area contributed by atoms with Gasteiger partial charge in [-0.15, -0.1) is 0 Å². The zero-order chi connectivity index (χ0) is 15.5. The van der Waals surface area contributed by atoms with Crippen LogP contribution in [0.25, 0.3) is 0 Å². The minimum absolute atomic E-state index is 0.0323. The molecule has 1 N–H and O–H groups in total. The van der Waals surface area contributed by atoms with Gasteiger partial charge in [-0.25, -0.2) is 4.98 Å². The van der Waals surface area contributed by atoms with Gasteiger partial charge in [-0.2, -0.15) is 0 Å². The third-order valence-corrected chi connectivity index (χ3v) is 4.01. The third kappa shape index (κ3) is 3.17. The van der Waals surface area contributed by atoms with Crippen molar-refractivity contribution in [3.63, 3.8) is 0 Å². The van der Waals surface area contributed by atoms with Crippen LogP contribution in [0, 0.1) is 5.92 Å². The van der Waals surface area contributed by atoms with Crippen LogP contribution in [0.3, 0.4) is 0 Å². The topological polar surface area (TPSA) is 62.3 Å². The fraction of sp³-hybridized carbons (Fsp3) is 0.188. The van der Waals surface area contributed by atoms with E-state index < -0.39 is 0 Å². The van der Waals surface area contributed by atoms with Crippen molar-refractivity contribution in [2.24, 2.45) is 5.92 Å². The summed E-state index contributed by atoms with van der Waals surface area (Å²) < 4.78 is 0.844. The fourth-order valence-corrected chi connectivity index (χ4v) is 2.65. The van der Waals surface area contributed by atoms with E-state index in [0.29, 0.717) is 12.4 Å². The summed E-state index contributed by atoms with van der Waals surface area (Å²) in [4.78, 5) is 30.2. The van der Waals surface area contributed by atoms with Gasteiger partial charge in [-0.3, -0.25) is 9.59 Å². The first-order valence-corrected chi connectivity index (χ1v) is 7.70. The molecule has 5 nitrogen and oxygen atoms in total. The molecular weight excluding hydrogens is 346 g/mol. The van der Waals surface area contributed by atoms with Crippen molar-refractivity contribution in [2.75, 3.05) is 16.8 Å². The predicted octanol–water partition coefficient (Wildman–Crippen LogP) is 2.84. The lowest BCUT2D eigenvalue weighted by atomic mass is 10.1. The van der Waals surface area contributed by atoms with Gasteiger partial charge in [0.1, 0.15) is 5.82 Å². The van der Waals surface area contributed by atoms with Crippen LogP contribution in [0.4, 0.5) is 11.5 Å². The summed E-state index contributed by atoms with van der Waals surface area (Å²) in [5.41, 5.74) is 0.824. The molecule has 112 valence electrons. The van der Waals surface area contributed by atoms with E-state index in [2.05, 4.69) is 26.2 Å². The number of carbonyl (C=O) groups excluding carboxylic acids is 2. The van der Waals surface area contributed by atoms with Crippen molar-refractivity contribution in [3.05, 3.63) is 53.1 Å². The Morgan fingerprint density at radius 1 is 1.23 bits per heavy atom. The molecule has 1 fully saturated rings. The second-order valence-electron chi connectivity index (χ2n) is 5.09. The molecule has 1 atom stereocenters. The fourth-order valence-electron chi connectivity index (χ4n) is 2.42. The van der Waals surface area contributed by atoms with E-state index in [4.69, 9.17) is 0 Å². The monoisotopic (exact) mass is 359 g/mol. The lowest BCUT2D eigenvalue weighted by molar-refractivity contribution is -0.122. The number of pyridine rings is 1. The lowest BCUT2D eigenvalue weighted by Gasteiger charge is -2.16. The summed E-state index contributed by atoms with van der Waals surface area (Å²) in [6, 6.07) is 12.9. The first-order valence-electron chi connectivity index (χ1n) is 6.91. The van der Waals surface area contributed by atoms with E-state index in [-0.39, 0.29) is 24.2 Å². The zero-order valence-corrected chi connectivity index (χ0v) is 13.3. The van der Waals surface area contributed by atoms with E-state index in [9.17, 15) is 9.59 Å². The zero-order valence-electron chi connectivity index (χ0n) is 11.7. The van der Waals surface area contributed by atoms with Crippen LogP contribution in [0.1, 0.15) is 6.42 Å². The molecule has 0 spiro atoms. The number of anilines is 2. The highest BCUT2D eigenvalue weighted by Crippen LogP contribution is 2.25. The molecule has 3 rings (SSSR count). The molecule has 1 aliphatic heterocycles. The number of para-hydroxylation sites is 1. The number of nitrogens with one attached hydrogen (secondary N) is 1. The Hall–Kier alpha value is -2.21. The number of rotatable bonds is 3. The maximum Gasteiger partial charge on any atom is 0.230 e. The summed E-state index contributed by atoms with van der Waals surface area (Å²) in [6.07, 6.45) is 1.84. The van der Waals surface area contributed by atoms with Crippen molar-refractivity contribution >= 4 is 39.2 Å². The maximum absolute atomic E-state index is 12.3. The van der Waals surface area contributed by atoms with Gasteiger partial charge < -0.3 is 10.2 Å². The van der Waals surface area contributed by atoms with Crippen LogP contribution in [0.5, 0.6) is 0 Å². The van der Waals surface area contributed by atoms with Crippen LogP contribution in [-0.2, 0) is 9.59 Å². The standard InChI is InChI=1S/C16H14BrN3O2/c17-12-6-7-14(18-9-12)19-16(22)11-8-15(21)20(10-11)13-4-2-1-3-5-13/h1-7,9,11H,8,10H2,(H,18,19,22). The Balaban J connectivity index is 1.67. The van der Waals surface area contributed by atoms with Gasteiger partial charge in [0, 0.05) is 29.3 Å². The third-order valence-electron chi connectivity index (χ3n) is 3.54. The normalized spacial score (nSPS) is 17.6. The molecule has 0 radical (unpaired) electrons. The highest BCUT2D eigenvalue weighted by Gasteiger charge is 2.35. The summed E-state index contributed by atoms with van der Waals surface area (Å²) in [5.74, 6) is -0.0892. The summed E-state index contributed by atoms with van der Waals surface area (Å²) in [6.45, 7) is 0.394. The molecule has 0 saturated carbocycles. The maximum atomic E-state index is 12.3.